The van der Waals surface area contributed by atoms with E-state index in [0.29, 0.717) is 11.5 Å². The van der Waals surface area contributed by atoms with Gasteiger partial charge in [0.1, 0.15) is 0 Å². The Balaban J connectivity index is 0.00000387. The highest BCUT2D eigenvalue weighted by molar-refractivity contribution is 5.94. The van der Waals surface area contributed by atoms with Crippen molar-refractivity contribution in [3.63, 3.8) is 0 Å². The van der Waals surface area contributed by atoms with Crippen LogP contribution in [0.3, 0.4) is 0 Å². The van der Waals surface area contributed by atoms with Gasteiger partial charge in [-0.1, -0.05) is 85.7 Å². The molecule has 1 unspecified atom stereocenters. The third kappa shape index (κ3) is 6.38. The van der Waals surface area contributed by atoms with Crippen LogP contribution >= 0.6 is 12.4 Å². The summed E-state index contributed by atoms with van der Waals surface area (Å²) in [5.41, 5.74) is 8.78. The lowest BCUT2D eigenvalue weighted by atomic mass is 9.74. The van der Waals surface area contributed by atoms with Crippen LogP contribution in [0.15, 0.2) is 72.3 Å². The third-order valence-corrected chi connectivity index (χ3v) is 8.62. The van der Waals surface area contributed by atoms with E-state index in [0.717, 1.165) is 63.7 Å². The predicted molar refractivity (Wildman–Crippen MR) is 172 cm³/mol. The number of fused-ring (bicyclic) bond motifs is 2. The normalized spacial score (nSPS) is 16.0. The maximum atomic E-state index is 10.4. The molecule has 1 atom stereocenters. The van der Waals surface area contributed by atoms with Crippen molar-refractivity contribution in [1.29, 1.82) is 5.26 Å². The molecule has 214 valence electrons. The van der Waals surface area contributed by atoms with E-state index in [1.165, 1.54) is 27.8 Å². The second-order valence-electron chi connectivity index (χ2n) is 10.9. The smallest absolute Gasteiger partial charge is 0.161 e. The predicted octanol–water partition coefficient (Wildman–Crippen LogP) is 8.55. The number of methoxy groups -OCH3 is 2. The van der Waals surface area contributed by atoms with Crippen LogP contribution in [0.1, 0.15) is 73.3 Å². The van der Waals surface area contributed by atoms with Gasteiger partial charge < -0.3 is 14.4 Å². The summed E-state index contributed by atoms with van der Waals surface area (Å²) in [5.74, 6) is 1.38. The van der Waals surface area contributed by atoms with Gasteiger partial charge in [-0.15, -0.1) is 12.4 Å². The van der Waals surface area contributed by atoms with E-state index in [1.807, 2.05) is 18.2 Å². The van der Waals surface area contributed by atoms with Crippen LogP contribution in [-0.4, -0.2) is 38.8 Å². The van der Waals surface area contributed by atoms with Crippen LogP contribution in [0.25, 0.3) is 17.7 Å². The number of halogens is 1. The maximum Gasteiger partial charge on any atom is 0.161 e. The van der Waals surface area contributed by atoms with Crippen molar-refractivity contribution in [2.24, 2.45) is 0 Å². The van der Waals surface area contributed by atoms with Gasteiger partial charge in [-0.05, 0) is 84.2 Å². The molecule has 1 saturated heterocycles. The number of hydrogen-bond acceptors (Lipinski definition) is 4. The quantitative estimate of drug-likeness (QED) is 0.203. The monoisotopic (exact) mass is 568 g/mol. The summed E-state index contributed by atoms with van der Waals surface area (Å²) >= 11 is 0. The van der Waals surface area contributed by atoms with Gasteiger partial charge in [0.25, 0.3) is 0 Å². The molecule has 2 aliphatic rings. The van der Waals surface area contributed by atoms with Crippen LogP contribution in [0, 0.1) is 11.3 Å². The van der Waals surface area contributed by atoms with E-state index in [-0.39, 0.29) is 12.4 Å². The lowest BCUT2D eigenvalue weighted by molar-refractivity contribution is 0.244. The molecule has 3 aromatic rings. The molecule has 5 heteroatoms. The highest BCUT2D eigenvalue weighted by Gasteiger charge is 2.32. The van der Waals surface area contributed by atoms with E-state index < -0.39 is 5.41 Å². The Morgan fingerprint density at radius 2 is 1.44 bits per heavy atom. The lowest BCUT2D eigenvalue weighted by Crippen LogP contribution is -2.33. The van der Waals surface area contributed by atoms with Gasteiger partial charge in [0.2, 0.25) is 0 Å². The average Bonchev–Trinajstić information content (AvgIpc) is 3.17. The van der Waals surface area contributed by atoms with Gasteiger partial charge in [-0.3, -0.25) is 0 Å². The van der Waals surface area contributed by atoms with Gasteiger partial charge >= 0.3 is 0 Å². The van der Waals surface area contributed by atoms with Crippen molar-refractivity contribution in [2.45, 2.75) is 50.9 Å². The van der Waals surface area contributed by atoms with E-state index in [2.05, 4.69) is 78.6 Å². The van der Waals surface area contributed by atoms with Crippen LogP contribution in [-0.2, 0) is 5.41 Å². The number of nitrogens with zero attached hydrogens (tertiary/aromatic N) is 2. The molecule has 0 amide bonds. The maximum absolute atomic E-state index is 10.4. The first-order valence-electron chi connectivity index (χ1n) is 14.6. The first kappa shape index (κ1) is 30.4. The minimum atomic E-state index is -0.516. The van der Waals surface area contributed by atoms with Crippen molar-refractivity contribution < 1.29 is 9.47 Å². The zero-order chi connectivity index (χ0) is 28.0. The molecule has 1 aliphatic carbocycles. The Kier molecular flexibility index (Phi) is 10.3. The molecule has 0 spiro atoms. The number of benzene rings is 3. The van der Waals surface area contributed by atoms with Crippen LogP contribution < -0.4 is 9.47 Å². The van der Waals surface area contributed by atoms with E-state index >= 15 is 0 Å². The summed E-state index contributed by atoms with van der Waals surface area (Å²) in [4.78, 5) is 2.58. The number of likely N-dealkylation sites (tertiary alicyclic amines) is 1. The van der Waals surface area contributed by atoms with Crippen LogP contribution in [0.2, 0.25) is 0 Å². The molecule has 0 N–H and O–H groups in total. The van der Waals surface area contributed by atoms with Gasteiger partial charge in [-0.2, -0.15) is 5.26 Å². The van der Waals surface area contributed by atoms with Gasteiger partial charge in [-0.25, -0.2) is 0 Å². The fourth-order valence-electron chi connectivity index (χ4n) is 6.50. The SMILES string of the molecule is CCCC(C#N)(CCCN1CCC(=C2c3ccccc3C=Cc3ccccc32)CC1)c1ccc(OC)c(OC)c1.Cl. The topological polar surface area (TPSA) is 45.5 Å². The fraction of sp³-hybridized carbons (Fsp3) is 0.361. The Morgan fingerprint density at radius 1 is 0.829 bits per heavy atom. The minimum absolute atomic E-state index is 0. The Morgan fingerprint density at radius 3 is 2.00 bits per heavy atom. The molecule has 4 nitrogen and oxygen atoms in total. The summed E-state index contributed by atoms with van der Waals surface area (Å²) in [6.45, 7) is 5.28. The highest BCUT2D eigenvalue weighted by atomic mass is 35.5. The Hall–Kier alpha value is -3.52. The Labute approximate surface area is 251 Å². The lowest BCUT2D eigenvalue weighted by Gasteiger charge is -2.32. The Bertz CT molecular complexity index is 1390. The first-order valence-corrected chi connectivity index (χ1v) is 14.6. The fourth-order valence-corrected chi connectivity index (χ4v) is 6.50. The zero-order valence-electron chi connectivity index (χ0n) is 24.5. The molecule has 3 aromatic carbocycles. The molecule has 0 bridgehead atoms. The summed E-state index contributed by atoms with van der Waals surface area (Å²) < 4.78 is 11.0. The number of piperidine rings is 1. The summed E-state index contributed by atoms with van der Waals surface area (Å²) in [6.07, 6.45) is 10.3. The largest absolute Gasteiger partial charge is 0.493 e. The minimum Gasteiger partial charge on any atom is -0.493 e. The summed E-state index contributed by atoms with van der Waals surface area (Å²) in [6, 6.07) is 26.3. The molecule has 5 rings (SSSR count). The van der Waals surface area contributed by atoms with Crippen molar-refractivity contribution in [2.75, 3.05) is 33.9 Å². The molecule has 41 heavy (non-hydrogen) atoms. The number of hydrogen-bond donors (Lipinski definition) is 0. The van der Waals surface area contributed by atoms with Gasteiger partial charge in [0.15, 0.2) is 11.5 Å². The van der Waals surface area contributed by atoms with Gasteiger partial charge in [0.05, 0.1) is 25.7 Å². The second-order valence-corrected chi connectivity index (χ2v) is 10.9. The number of nitriles is 1. The number of ether oxygens (including phenoxy) is 2. The summed E-state index contributed by atoms with van der Waals surface area (Å²) in [7, 11) is 3.30. The molecular formula is C36H41ClN2O2. The van der Waals surface area contributed by atoms with E-state index in [1.54, 1.807) is 19.8 Å². The molecule has 0 saturated carbocycles. The molecule has 1 fully saturated rings. The average molecular weight is 569 g/mol. The van der Waals surface area contributed by atoms with Crippen molar-refractivity contribution in [3.8, 4) is 17.6 Å². The molecule has 1 heterocycles. The van der Waals surface area contributed by atoms with Crippen LogP contribution in [0.5, 0.6) is 11.5 Å². The molecule has 0 aromatic heterocycles. The molecule has 1 aliphatic heterocycles. The third-order valence-electron chi connectivity index (χ3n) is 8.62. The van der Waals surface area contributed by atoms with E-state index in [9.17, 15) is 5.26 Å². The van der Waals surface area contributed by atoms with Crippen molar-refractivity contribution in [3.05, 3.63) is 100 Å². The van der Waals surface area contributed by atoms with Gasteiger partial charge in [0, 0.05) is 13.1 Å². The van der Waals surface area contributed by atoms with Crippen molar-refractivity contribution >= 4 is 30.1 Å². The van der Waals surface area contributed by atoms with Crippen molar-refractivity contribution in [1.82, 2.24) is 4.90 Å². The highest BCUT2D eigenvalue weighted by Crippen LogP contribution is 2.40. The zero-order valence-corrected chi connectivity index (χ0v) is 25.3. The molecule has 0 radical (unpaired) electrons. The van der Waals surface area contributed by atoms with Crippen LogP contribution in [0.4, 0.5) is 0 Å². The molecular weight excluding hydrogens is 528 g/mol. The standard InChI is InChI=1S/C36H40N2O2.ClH/c1-4-20-36(26-37,30-16-17-33(39-2)34(25-30)40-3)21-9-22-38-23-18-29(19-24-38)35-31-12-7-5-10-27(31)14-15-28-11-6-8-13-32(28)35;/h5-8,10-17,25H,4,9,18-24H2,1-3H3;1H. The second kappa shape index (κ2) is 13.9. The number of rotatable bonds is 9. The summed E-state index contributed by atoms with van der Waals surface area (Å²) in [5, 5.41) is 10.4. The first-order chi connectivity index (χ1) is 19.6. The van der Waals surface area contributed by atoms with E-state index in [4.69, 9.17) is 9.47 Å².